The van der Waals surface area contributed by atoms with Gasteiger partial charge in [-0.3, -0.25) is 4.79 Å². The minimum absolute atomic E-state index is 0.0390. The van der Waals surface area contributed by atoms with Gasteiger partial charge < -0.3 is 9.45 Å². The van der Waals surface area contributed by atoms with Gasteiger partial charge in [-0.25, -0.2) is 4.39 Å². The van der Waals surface area contributed by atoms with E-state index in [0.717, 1.165) is 11.0 Å². The topological polar surface area (TPSA) is 55.4 Å². The van der Waals surface area contributed by atoms with Gasteiger partial charge in [-0.2, -0.15) is 8.78 Å². The van der Waals surface area contributed by atoms with Crippen molar-refractivity contribution in [2.75, 3.05) is 20.6 Å². The zero-order chi connectivity index (χ0) is 18.7. The molecule has 8 heteroatoms. The molecule has 0 heterocycles. The molecule has 0 bridgehead atoms. The fourth-order valence-electron chi connectivity index (χ4n) is 1.91. The van der Waals surface area contributed by atoms with Gasteiger partial charge in [0.2, 0.25) is 0 Å². The number of alkyl halides is 2. The first-order valence-corrected chi connectivity index (χ1v) is 8.56. The van der Waals surface area contributed by atoms with Crippen LogP contribution in [-0.4, -0.2) is 40.7 Å². The average molecular weight is 364 g/mol. The molecule has 0 fully saturated rings. The van der Waals surface area contributed by atoms with Crippen LogP contribution in [0.15, 0.2) is 18.2 Å². The summed E-state index contributed by atoms with van der Waals surface area (Å²) < 4.78 is 56.8. The van der Waals surface area contributed by atoms with Crippen molar-refractivity contribution in [2.45, 2.75) is 37.9 Å². The first-order valence-electron chi connectivity index (χ1n) is 7.42. The lowest BCUT2D eigenvalue weighted by Crippen LogP contribution is -2.40. The number of likely N-dealkylation sites (N-methyl/N-ethyl adjacent to an activating group) is 1. The molecule has 0 saturated carbocycles. The molecule has 1 amide bonds. The van der Waals surface area contributed by atoms with Gasteiger partial charge in [0.05, 0.1) is 5.56 Å². The van der Waals surface area contributed by atoms with Crippen molar-refractivity contribution in [3.05, 3.63) is 35.1 Å². The number of halogens is 3. The molecule has 0 aliphatic carbocycles. The quantitative estimate of drug-likeness (QED) is 0.790. The van der Waals surface area contributed by atoms with Crippen molar-refractivity contribution in [3.8, 4) is 0 Å². The van der Waals surface area contributed by atoms with Gasteiger partial charge in [-0.15, -0.1) is 4.72 Å². The smallest absolute Gasteiger partial charge is 0.352 e. The number of benzene rings is 1. The minimum Gasteiger partial charge on any atom is -0.598 e. The number of nitrogens with one attached hydrogen (secondary N) is 1. The highest BCUT2D eigenvalue weighted by Gasteiger charge is 2.44. The van der Waals surface area contributed by atoms with Crippen LogP contribution in [0, 0.1) is 5.82 Å². The number of nitrogens with zero attached hydrogens (tertiary/aromatic N) is 1. The molecule has 0 aliphatic heterocycles. The molecule has 1 rings (SSSR count). The lowest BCUT2D eigenvalue weighted by atomic mass is 10.0. The van der Waals surface area contributed by atoms with E-state index in [1.807, 2.05) is 0 Å². The Bertz CT molecular complexity index is 589. The Hall–Kier alpha value is -1.25. The molecule has 1 aromatic rings. The molecule has 24 heavy (non-hydrogen) atoms. The zero-order valence-electron chi connectivity index (χ0n) is 14.5. The van der Waals surface area contributed by atoms with Crippen molar-refractivity contribution < 1.29 is 22.5 Å². The van der Waals surface area contributed by atoms with E-state index in [4.69, 9.17) is 0 Å². The molecule has 1 aromatic carbocycles. The molecule has 0 radical (unpaired) electrons. The summed E-state index contributed by atoms with van der Waals surface area (Å²) in [4.78, 5) is 12.3. The highest BCUT2D eigenvalue weighted by atomic mass is 32.2. The van der Waals surface area contributed by atoms with E-state index in [9.17, 15) is 22.5 Å². The lowest BCUT2D eigenvalue weighted by molar-refractivity contribution is -0.156. The predicted octanol–water partition coefficient (Wildman–Crippen LogP) is 2.60. The third-order valence-corrected chi connectivity index (χ3v) is 4.85. The Morgan fingerprint density at radius 3 is 2.38 bits per heavy atom. The van der Waals surface area contributed by atoms with Gasteiger partial charge in [-0.1, -0.05) is 12.1 Å². The Balaban J connectivity index is 2.92. The van der Waals surface area contributed by atoms with E-state index < -0.39 is 39.3 Å². The van der Waals surface area contributed by atoms with Crippen LogP contribution in [0.1, 0.15) is 31.9 Å². The average Bonchev–Trinajstić information content (AvgIpc) is 2.46. The second-order valence-electron chi connectivity index (χ2n) is 6.58. The van der Waals surface area contributed by atoms with Gasteiger partial charge in [-0.05, 0) is 38.8 Å². The number of hydrogen-bond acceptors (Lipinski definition) is 3. The fraction of sp³-hybridized carbons (Fsp3) is 0.562. The number of carbonyl (C=O) groups excluding carboxylic acids is 1. The third-order valence-electron chi connectivity index (χ3n) is 3.28. The van der Waals surface area contributed by atoms with E-state index in [1.54, 1.807) is 20.8 Å². The number of hydrogen-bond donors (Lipinski definition) is 1. The maximum atomic E-state index is 14.4. The Labute approximate surface area is 143 Å². The molecular formula is C16H23F3N2O2S. The van der Waals surface area contributed by atoms with E-state index >= 15 is 0 Å². The van der Waals surface area contributed by atoms with Crippen LogP contribution >= 0.6 is 0 Å². The van der Waals surface area contributed by atoms with Crippen LogP contribution in [0.5, 0.6) is 0 Å². The van der Waals surface area contributed by atoms with Crippen LogP contribution in [0.25, 0.3) is 0 Å². The summed E-state index contributed by atoms with van der Waals surface area (Å²) >= 11 is -1.33. The Morgan fingerprint density at radius 2 is 1.88 bits per heavy atom. The SMILES string of the molecule is CN(C)C(=O)C(F)(F)c1cccc(CCN[S@@+]([O-])C(C)(C)C)c1F. The maximum absolute atomic E-state index is 14.4. The number of carbonyl (C=O) groups is 1. The third kappa shape index (κ3) is 4.87. The highest BCUT2D eigenvalue weighted by molar-refractivity contribution is 7.90. The summed E-state index contributed by atoms with van der Waals surface area (Å²) in [7, 11) is 2.37. The Morgan fingerprint density at radius 1 is 1.29 bits per heavy atom. The minimum atomic E-state index is -3.94. The largest absolute Gasteiger partial charge is 0.598 e. The van der Waals surface area contributed by atoms with Crippen molar-refractivity contribution in [3.63, 3.8) is 0 Å². The summed E-state index contributed by atoms with van der Waals surface area (Å²) in [6.07, 6.45) is 0.0771. The summed E-state index contributed by atoms with van der Waals surface area (Å²) in [5, 5.41) is 0. The first kappa shape index (κ1) is 20.8. The normalized spacial score (nSPS) is 13.7. The van der Waals surface area contributed by atoms with Crippen LogP contribution < -0.4 is 4.72 Å². The van der Waals surface area contributed by atoms with Crippen molar-refractivity contribution >= 4 is 17.3 Å². The summed E-state index contributed by atoms with van der Waals surface area (Å²) in [6.45, 7) is 5.51. The van der Waals surface area contributed by atoms with Crippen LogP contribution in [0.2, 0.25) is 0 Å². The summed E-state index contributed by atoms with van der Waals surface area (Å²) in [5.74, 6) is -6.53. The summed E-state index contributed by atoms with van der Waals surface area (Å²) in [5.41, 5.74) is -0.909. The first-order chi connectivity index (χ1) is 10.9. The summed E-state index contributed by atoms with van der Waals surface area (Å²) in [6, 6.07) is 3.56. The van der Waals surface area contributed by atoms with E-state index in [2.05, 4.69) is 4.72 Å². The number of amides is 1. The maximum Gasteiger partial charge on any atom is 0.352 e. The lowest BCUT2D eigenvalue weighted by Gasteiger charge is -2.24. The van der Waals surface area contributed by atoms with Crippen molar-refractivity contribution in [2.24, 2.45) is 0 Å². The van der Waals surface area contributed by atoms with E-state index in [0.29, 0.717) is 0 Å². The van der Waals surface area contributed by atoms with Gasteiger partial charge in [0, 0.05) is 32.0 Å². The molecule has 1 atom stereocenters. The van der Waals surface area contributed by atoms with Gasteiger partial charge >= 0.3 is 5.92 Å². The molecule has 0 spiro atoms. The molecule has 0 aliphatic rings. The van der Waals surface area contributed by atoms with Crippen LogP contribution in [0.3, 0.4) is 0 Å². The van der Waals surface area contributed by atoms with Gasteiger partial charge in [0.25, 0.3) is 5.91 Å². The molecule has 0 aromatic heterocycles. The molecule has 0 unspecified atom stereocenters. The van der Waals surface area contributed by atoms with Crippen LogP contribution in [-0.2, 0) is 28.5 Å². The van der Waals surface area contributed by atoms with Gasteiger partial charge in [0.1, 0.15) is 10.6 Å². The molecular weight excluding hydrogens is 341 g/mol. The second-order valence-corrected chi connectivity index (χ2v) is 8.63. The second kappa shape index (κ2) is 7.76. The van der Waals surface area contributed by atoms with Crippen LogP contribution in [0.4, 0.5) is 13.2 Å². The molecule has 0 saturated heterocycles. The zero-order valence-corrected chi connectivity index (χ0v) is 15.3. The van der Waals surface area contributed by atoms with Crippen molar-refractivity contribution in [1.29, 1.82) is 0 Å². The highest BCUT2D eigenvalue weighted by Crippen LogP contribution is 2.33. The van der Waals surface area contributed by atoms with Crippen molar-refractivity contribution in [1.82, 2.24) is 9.62 Å². The number of rotatable bonds is 6. The Kier molecular flexibility index (Phi) is 6.72. The molecule has 1 N–H and O–H groups in total. The van der Waals surface area contributed by atoms with E-state index in [-0.39, 0.29) is 18.5 Å². The molecule has 4 nitrogen and oxygen atoms in total. The predicted molar refractivity (Wildman–Crippen MR) is 88.6 cm³/mol. The monoisotopic (exact) mass is 364 g/mol. The van der Waals surface area contributed by atoms with E-state index in [1.165, 1.54) is 26.2 Å². The molecule has 136 valence electrons. The standard InChI is InChI=1S/C16H23F3N2O2S/c1-15(2,3)24(23)20-10-9-11-7-6-8-12(13(11)17)16(18,19)14(22)21(4)5/h6-8,20H,9-10H2,1-5H3/t24-/m0/s1. The fourth-order valence-corrected chi connectivity index (χ4v) is 2.63. The van der Waals surface area contributed by atoms with Gasteiger partial charge in [0.15, 0.2) is 0 Å².